The molecule has 1 aliphatic carbocycles. The maximum Gasteiger partial charge on any atom is 0.323 e. The Kier molecular flexibility index (Phi) is 5.03. The van der Waals surface area contributed by atoms with Gasteiger partial charge < -0.3 is 13.6 Å². The number of rotatable bonds is 7. The molecule has 4 heteroatoms. The van der Waals surface area contributed by atoms with E-state index in [1.165, 1.54) is 38.5 Å². The molecule has 2 rings (SSSR count). The molecule has 4 unspecified atom stereocenters. The molecule has 1 heterocycles. The molecule has 100 valence electrons. The second kappa shape index (κ2) is 6.32. The van der Waals surface area contributed by atoms with Crippen LogP contribution in [0.25, 0.3) is 0 Å². The van der Waals surface area contributed by atoms with Crippen molar-refractivity contribution >= 4 is 9.28 Å². The van der Waals surface area contributed by atoms with Crippen LogP contribution in [0, 0.1) is 5.92 Å². The summed E-state index contributed by atoms with van der Waals surface area (Å²) in [5, 5.41) is 0. The molecule has 0 spiro atoms. The van der Waals surface area contributed by atoms with E-state index >= 15 is 0 Å². The van der Waals surface area contributed by atoms with Crippen molar-refractivity contribution < 1.29 is 13.6 Å². The number of hydrogen-bond acceptors (Lipinski definition) is 3. The van der Waals surface area contributed by atoms with Crippen LogP contribution < -0.4 is 0 Å². The van der Waals surface area contributed by atoms with Crippen molar-refractivity contribution in [1.29, 1.82) is 0 Å². The van der Waals surface area contributed by atoms with E-state index in [1.54, 1.807) is 14.2 Å². The third-order valence-corrected chi connectivity index (χ3v) is 6.51. The lowest BCUT2D eigenvalue weighted by Gasteiger charge is -2.21. The van der Waals surface area contributed by atoms with E-state index in [2.05, 4.69) is 6.92 Å². The van der Waals surface area contributed by atoms with Gasteiger partial charge in [-0.05, 0) is 37.1 Å². The summed E-state index contributed by atoms with van der Waals surface area (Å²) in [5.41, 5.74) is 0.615. The predicted octanol–water partition coefficient (Wildman–Crippen LogP) is 2.63. The van der Waals surface area contributed by atoms with Crippen molar-refractivity contribution in [3.63, 3.8) is 0 Å². The van der Waals surface area contributed by atoms with Gasteiger partial charge in [0.25, 0.3) is 0 Å². The Bertz CT molecular complexity index is 233. The monoisotopic (exact) mass is 258 g/mol. The Hall–Kier alpha value is 0.0969. The highest BCUT2D eigenvalue weighted by atomic mass is 28.3. The predicted molar refractivity (Wildman–Crippen MR) is 70.4 cm³/mol. The summed E-state index contributed by atoms with van der Waals surface area (Å²) in [6.07, 6.45) is 9.18. The third kappa shape index (κ3) is 3.53. The van der Waals surface area contributed by atoms with Crippen LogP contribution in [0.2, 0.25) is 5.54 Å². The Labute approximate surface area is 107 Å². The standard InChI is InChI=1S/C13H26O3Si/c1-10(17(14-2)15-3)6-4-7-11-8-5-9-12-13(11)16-12/h10-13,17H,4-9H2,1-3H3. The zero-order valence-corrected chi connectivity index (χ0v) is 12.5. The van der Waals surface area contributed by atoms with Crippen molar-refractivity contribution in [1.82, 2.24) is 0 Å². The van der Waals surface area contributed by atoms with Crippen LogP contribution in [-0.4, -0.2) is 35.7 Å². The van der Waals surface area contributed by atoms with Gasteiger partial charge in [-0.2, -0.15) is 0 Å². The van der Waals surface area contributed by atoms with Gasteiger partial charge in [0.1, 0.15) is 0 Å². The Morgan fingerprint density at radius 3 is 2.76 bits per heavy atom. The van der Waals surface area contributed by atoms with Crippen molar-refractivity contribution in [2.45, 2.75) is 63.2 Å². The second-order valence-corrected chi connectivity index (χ2v) is 8.40. The first-order chi connectivity index (χ1) is 8.26. The first-order valence-electron chi connectivity index (χ1n) is 6.97. The minimum absolute atomic E-state index is 0.615. The van der Waals surface area contributed by atoms with Gasteiger partial charge in [-0.15, -0.1) is 0 Å². The molecule has 3 nitrogen and oxygen atoms in total. The minimum Gasteiger partial charge on any atom is -0.400 e. The highest BCUT2D eigenvalue weighted by Crippen LogP contribution is 2.43. The molecule has 0 radical (unpaired) electrons. The molecule has 0 bridgehead atoms. The quantitative estimate of drug-likeness (QED) is 0.519. The summed E-state index contributed by atoms with van der Waals surface area (Å²) >= 11 is 0. The van der Waals surface area contributed by atoms with Crippen LogP contribution in [0.3, 0.4) is 0 Å². The van der Waals surface area contributed by atoms with Crippen LogP contribution in [0.15, 0.2) is 0 Å². The summed E-state index contributed by atoms with van der Waals surface area (Å²) in [4.78, 5) is 0. The fourth-order valence-electron chi connectivity index (χ4n) is 3.26. The average molecular weight is 258 g/mol. The summed E-state index contributed by atoms with van der Waals surface area (Å²) in [7, 11) is 2.16. The van der Waals surface area contributed by atoms with Crippen molar-refractivity contribution in [3.05, 3.63) is 0 Å². The summed E-state index contributed by atoms with van der Waals surface area (Å²) in [5.74, 6) is 0.839. The lowest BCUT2D eigenvalue weighted by atomic mass is 9.85. The van der Waals surface area contributed by atoms with Gasteiger partial charge >= 0.3 is 9.28 Å². The lowest BCUT2D eigenvalue weighted by molar-refractivity contribution is 0.260. The number of epoxide rings is 1. The molecule has 0 aromatic rings. The molecule has 0 N–H and O–H groups in total. The maximum absolute atomic E-state index is 5.70. The van der Waals surface area contributed by atoms with E-state index in [-0.39, 0.29) is 0 Å². The molecule has 1 saturated carbocycles. The summed E-state index contributed by atoms with van der Waals surface area (Å²) in [6, 6.07) is 0. The van der Waals surface area contributed by atoms with Crippen LogP contribution in [0.5, 0.6) is 0 Å². The van der Waals surface area contributed by atoms with E-state index in [4.69, 9.17) is 13.6 Å². The molecular formula is C13H26O3Si. The van der Waals surface area contributed by atoms with Gasteiger partial charge in [0.15, 0.2) is 0 Å². The molecule has 2 fully saturated rings. The zero-order chi connectivity index (χ0) is 12.3. The molecule has 0 aromatic carbocycles. The van der Waals surface area contributed by atoms with E-state index < -0.39 is 9.28 Å². The van der Waals surface area contributed by atoms with Gasteiger partial charge in [0.2, 0.25) is 0 Å². The van der Waals surface area contributed by atoms with Crippen LogP contribution in [0.4, 0.5) is 0 Å². The SMILES string of the molecule is CO[SiH](OC)C(C)CCCC1CCCC2OC12. The van der Waals surface area contributed by atoms with Gasteiger partial charge in [-0.3, -0.25) is 0 Å². The average Bonchev–Trinajstić information content (AvgIpc) is 3.10. The van der Waals surface area contributed by atoms with Crippen LogP contribution in [-0.2, 0) is 13.6 Å². The topological polar surface area (TPSA) is 31.0 Å². The fraction of sp³-hybridized carbons (Fsp3) is 1.00. The second-order valence-electron chi connectivity index (χ2n) is 5.58. The largest absolute Gasteiger partial charge is 0.400 e. The van der Waals surface area contributed by atoms with Crippen LogP contribution >= 0.6 is 0 Å². The van der Waals surface area contributed by atoms with Crippen molar-refractivity contribution in [2.24, 2.45) is 5.92 Å². The van der Waals surface area contributed by atoms with Gasteiger partial charge in [0.05, 0.1) is 12.2 Å². The maximum atomic E-state index is 5.70. The number of fused-ring (bicyclic) bond motifs is 1. The molecule has 0 aromatic heterocycles. The highest BCUT2D eigenvalue weighted by Gasteiger charge is 2.46. The van der Waals surface area contributed by atoms with E-state index in [0.717, 1.165) is 5.92 Å². The molecule has 1 aliphatic heterocycles. The Morgan fingerprint density at radius 2 is 2.06 bits per heavy atom. The minimum atomic E-state index is -1.40. The number of hydrogen-bond donors (Lipinski definition) is 0. The normalized spacial score (nSPS) is 33.5. The van der Waals surface area contributed by atoms with Crippen molar-refractivity contribution in [2.75, 3.05) is 14.2 Å². The van der Waals surface area contributed by atoms with Gasteiger partial charge in [-0.25, -0.2) is 0 Å². The van der Waals surface area contributed by atoms with Gasteiger partial charge in [0, 0.05) is 14.2 Å². The fourth-order valence-corrected chi connectivity index (χ4v) is 4.89. The molecule has 4 atom stereocenters. The van der Waals surface area contributed by atoms with Crippen molar-refractivity contribution in [3.8, 4) is 0 Å². The first-order valence-corrected chi connectivity index (χ1v) is 8.58. The molecule has 1 saturated heterocycles. The summed E-state index contributed by atoms with van der Waals surface area (Å²) < 4.78 is 16.5. The van der Waals surface area contributed by atoms with E-state index in [1.807, 2.05) is 0 Å². The first kappa shape index (κ1) is 13.5. The molecular weight excluding hydrogens is 232 g/mol. The van der Waals surface area contributed by atoms with E-state index in [9.17, 15) is 0 Å². The summed E-state index contributed by atoms with van der Waals surface area (Å²) in [6.45, 7) is 2.27. The molecule has 2 aliphatic rings. The molecule has 17 heavy (non-hydrogen) atoms. The smallest absolute Gasteiger partial charge is 0.323 e. The Morgan fingerprint density at radius 1 is 1.29 bits per heavy atom. The van der Waals surface area contributed by atoms with Crippen LogP contribution in [0.1, 0.15) is 45.4 Å². The third-order valence-electron chi connectivity index (χ3n) is 4.31. The highest BCUT2D eigenvalue weighted by molar-refractivity contribution is 6.46. The lowest BCUT2D eigenvalue weighted by Crippen LogP contribution is -2.24. The molecule has 0 amide bonds. The number of ether oxygens (including phenoxy) is 1. The van der Waals surface area contributed by atoms with E-state index in [0.29, 0.717) is 17.7 Å². The zero-order valence-electron chi connectivity index (χ0n) is 11.4. The van der Waals surface area contributed by atoms with Gasteiger partial charge in [-0.1, -0.05) is 19.8 Å². The Balaban J connectivity index is 1.62.